The molecule has 10 heteroatoms. The molecule has 0 aliphatic carbocycles. The number of esters is 1. The number of benzene rings is 3. The molecule has 1 heterocycles. The summed E-state index contributed by atoms with van der Waals surface area (Å²) in [6.45, 7) is 0.574. The van der Waals surface area contributed by atoms with Gasteiger partial charge in [-0.05, 0) is 16.7 Å². The number of hydrogen-bond acceptors (Lipinski definition) is 9. The molecule has 0 spiro atoms. The number of carbonyl (C=O) groups excluding carboxylic acids is 1. The van der Waals surface area contributed by atoms with Gasteiger partial charge in [0.25, 0.3) is 6.04 Å². The Morgan fingerprint density at radius 1 is 0.829 bits per heavy atom. The van der Waals surface area contributed by atoms with Crippen LogP contribution in [0.15, 0.2) is 91.0 Å². The molecule has 1 aliphatic rings. The second kappa shape index (κ2) is 15.4. The third kappa shape index (κ3) is 8.66. The van der Waals surface area contributed by atoms with Gasteiger partial charge in [0.15, 0.2) is 12.2 Å². The van der Waals surface area contributed by atoms with Crippen LogP contribution < -0.4 is 0 Å². The molecule has 0 saturated carbocycles. The molecule has 0 radical (unpaired) electrons. The normalized spacial score (nSPS) is 23.0. The second-order valence-corrected chi connectivity index (χ2v) is 9.79. The van der Waals surface area contributed by atoms with Gasteiger partial charge in [-0.25, -0.2) is 4.79 Å². The Morgan fingerprint density at radius 2 is 1.32 bits per heavy atom. The van der Waals surface area contributed by atoms with Crippen LogP contribution in [0, 0.1) is 10.1 Å². The number of nitro groups is 1. The third-order valence-corrected chi connectivity index (χ3v) is 6.89. The zero-order valence-corrected chi connectivity index (χ0v) is 22.8. The topological polar surface area (TPSA) is 127 Å². The van der Waals surface area contributed by atoms with Crippen molar-refractivity contribution in [3.8, 4) is 0 Å². The summed E-state index contributed by atoms with van der Waals surface area (Å²) < 4.78 is 29.4. The molecular formula is C31H35NO9. The van der Waals surface area contributed by atoms with E-state index in [1.807, 2.05) is 91.0 Å². The van der Waals surface area contributed by atoms with Gasteiger partial charge >= 0.3 is 5.97 Å². The molecule has 41 heavy (non-hydrogen) atoms. The van der Waals surface area contributed by atoms with E-state index < -0.39 is 47.5 Å². The van der Waals surface area contributed by atoms with Crippen molar-refractivity contribution >= 4 is 5.97 Å². The van der Waals surface area contributed by atoms with Gasteiger partial charge in [0.05, 0.1) is 33.5 Å². The largest absolute Gasteiger partial charge is 0.467 e. The highest BCUT2D eigenvalue weighted by atomic mass is 16.7. The van der Waals surface area contributed by atoms with Crippen LogP contribution in [0.4, 0.5) is 0 Å². The summed E-state index contributed by atoms with van der Waals surface area (Å²) in [6, 6.07) is 26.9. The van der Waals surface area contributed by atoms with Crippen LogP contribution in [-0.4, -0.2) is 66.3 Å². The summed E-state index contributed by atoms with van der Waals surface area (Å²) in [5.41, 5.74) is 2.65. The Labute approximate surface area is 238 Å². The molecule has 4 rings (SSSR count). The van der Waals surface area contributed by atoms with Crippen LogP contribution in [-0.2, 0) is 48.3 Å². The molecule has 0 bridgehead atoms. The Morgan fingerprint density at radius 3 is 1.80 bits per heavy atom. The van der Waals surface area contributed by atoms with E-state index in [-0.39, 0.29) is 32.8 Å². The lowest BCUT2D eigenvalue weighted by atomic mass is 9.89. The molecule has 1 saturated heterocycles. The van der Waals surface area contributed by atoms with Crippen molar-refractivity contribution < 1.29 is 38.5 Å². The first-order chi connectivity index (χ1) is 20.0. The van der Waals surface area contributed by atoms with Crippen molar-refractivity contribution in [1.82, 2.24) is 0 Å². The van der Waals surface area contributed by atoms with Gasteiger partial charge in [-0.15, -0.1) is 0 Å². The van der Waals surface area contributed by atoms with Crippen molar-refractivity contribution in [3.63, 3.8) is 0 Å². The maximum Gasteiger partial charge on any atom is 0.334 e. The molecule has 0 amide bonds. The third-order valence-electron chi connectivity index (χ3n) is 6.89. The summed E-state index contributed by atoms with van der Waals surface area (Å²) in [4.78, 5) is 24.0. The molecule has 1 fully saturated rings. The van der Waals surface area contributed by atoms with Gasteiger partial charge in [-0.3, -0.25) is 10.1 Å². The molecule has 1 N–H and O–H groups in total. The SMILES string of the molecule is COC(=O)[C@@H](O)C[C@@H]1O[C@H](COCc2ccccc2)[C@H](OCc2ccccc2)[C@H](OCc2ccccc2)[C@H]1[N+](=O)[O-]. The number of methoxy groups -OCH3 is 1. The minimum absolute atomic E-state index is 0.0365. The Kier molecular flexibility index (Phi) is 11.4. The summed E-state index contributed by atoms with van der Waals surface area (Å²) in [7, 11) is 1.14. The van der Waals surface area contributed by atoms with E-state index in [0.717, 1.165) is 23.8 Å². The van der Waals surface area contributed by atoms with Crippen molar-refractivity contribution in [2.45, 2.75) is 62.8 Å². The van der Waals surface area contributed by atoms with E-state index in [2.05, 4.69) is 4.74 Å². The van der Waals surface area contributed by atoms with Crippen LogP contribution in [0.3, 0.4) is 0 Å². The number of aliphatic hydroxyl groups is 1. The van der Waals surface area contributed by atoms with Crippen molar-refractivity contribution in [1.29, 1.82) is 0 Å². The maximum absolute atomic E-state index is 12.5. The lowest BCUT2D eigenvalue weighted by molar-refractivity contribution is -0.562. The molecule has 6 atom stereocenters. The first-order valence-corrected chi connectivity index (χ1v) is 13.4. The van der Waals surface area contributed by atoms with Crippen LogP contribution in [0.5, 0.6) is 0 Å². The Hall–Kier alpha value is -3.67. The first kappa shape index (κ1) is 30.3. The van der Waals surface area contributed by atoms with Crippen molar-refractivity contribution in [2.75, 3.05) is 13.7 Å². The van der Waals surface area contributed by atoms with Gasteiger partial charge in [-0.2, -0.15) is 0 Å². The number of hydrogen-bond donors (Lipinski definition) is 1. The lowest BCUT2D eigenvalue weighted by Crippen LogP contribution is -2.63. The van der Waals surface area contributed by atoms with Gasteiger partial charge in [0.2, 0.25) is 0 Å². The molecule has 1 aliphatic heterocycles. The fourth-order valence-corrected chi connectivity index (χ4v) is 4.83. The number of carbonyl (C=O) groups is 1. The molecular weight excluding hydrogens is 530 g/mol. The van der Waals surface area contributed by atoms with Gasteiger partial charge in [0.1, 0.15) is 18.3 Å². The molecule has 10 nitrogen and oxygen atoms in total. The van der Waals surface area contributed by atoms with Gasteiger partial charge in [0, 0.05) is 11.3 Å². The van der Waals surface area contributed by atoms with E-state index in [1.54, 1.807) is 0 Å². The standard InChI is InChI=1S/C31H35NO9/c1-37-31(34)25(33)17-26-28(32(35)36)30(40-20-24-15-9-4-10-16-24)29(39-19-23-13-7-3-8-14-23)27(41-26)21-38-18-22-11-5-2-6-12-22/h2-16,25-30,33H,17-21H2,1H3/t25-,26-,27+,28-,29-,30+/m0/s1. The zero-order chi connectivity index (χ0) is 29.0. The number of aliphatic hydroxyl groups excluding tert-OH is 1. The smallest absolute Gasteiger partial charge is 0.334 e. The van der Waals surface area contributed by atoms with E-state index in [4.69, 9.17) is 18.9 Å². The summed E-state index contributed by atoms with van der Waals surface area (Å²) in [6.07, 6.45) is -5.92. The van der Waals surface area contributed by atoms with Crippen molar-refractivity contribution in [2.24, 2.45) is 0 Å². The maximum atomic E-state index is 12.5. The van der Waals surface area contributed by atoms with E-state index in [1.165, 1.54) is 0 Å². The van der Waals surface area contributed by atoms with Crippen LogP contribution >= 0.6 is 0 Å². The summed E-state index contributed by atoms with van der Waals surface area (Å²) >= 11 is 0. The van der Waals surface area contributed by atoms with Crippen LogP contribution in [0.2, 0.25) is 0 Å². The zero-order valence-electron chi connectivity index (χ0n) is 22.8. The predicted molar refractivity (Wildman–Crippen MR) is 148 cm³/mol. The molecule has 0 unspecified atom stereocenters. The Balaban J connectivity index is 1.62. The van der Waals surface area contributed by atoms with Gasteiger partial charge in [-0.1, -0.05) is 91.0 Å². The lowest BCUT2D eigenvalue weighted by Gasteiger charge is -2.43. The molecule has 3 aromatic carbocycles. The minimum atomic E-state index is -1.62. The minimum Gasteiger partial charge on any atom is -0.467 e. The second-order valence-electron chi connectivity index (χ2n) is 9.79. The van der Waals surface area contributed by atoms with E-state index >= 15 is 0 Å². The number of nitrogens with zero attached hydrogens (tertiary/aromatic N) is 1. The van der Waals surface area contributed by atoms with Crippen LogP contribution in [0.1, 0.15) is 23.1 Å². The molecule has 0 aromatic heterocycles. The number of rotatable bonds is 14. The first-order valence-electron chi connectivity index (χ1n) is 13.4. The quantitative estimate of drug-likeness (QED) is 0.177. The van der Waals surface area contributed by atoms with Crippen LogP contribution in [0.25, 0.3) is 0 Å². The predicted octanol–water partition coefficient (Wildman–Crippen LogP) is 3.71. The summed E-state index contributed by atoms with van der Waals surface area (Å²) in [5, 5.41) is 22.9. The van der Waals surface area contributed by atoms with Gasteiger partial charge < -0.3 is 28.8 Å². The van der Waals surface area contributed by atoms with E-state index in [9.17, 15) is 20.0 Å². The highest BCUT2D eigenvalue weighted by Gasteiger charge is 2.54. The van der Waals surface area contributed by atoms with E-state index in [0.29, 0.717) is 0 Å². The molecule has 3 aromatic rings. The number of ether oxygens (including phenoxy) is 5. The average molecular weight is 566 g/mol. The average Bonchev–Trinajstić information content (AvgIpc) is 3.00. The fraction of sp³-hybridized carbons (Fsp3) is 0.387. The van der Waals surface area contributed by atoms with Crippen molar-refractivity contribution in [3.05, 3.63) is 118 Å². The summed E-state index contributed by atoms with van der Waals surface area (Å²) in [5.74, 6) is -0.906. The highest BCUT2D eigenvalue weighted by Crippen LogP contribution is 2.32. The Bertz CT molecular complexity index is 1210. The highest BCUT2D eigenvalue weighted by molar-refractivity contribution is 5.74. The monoisotopic (exact) mass is 565 g/mol. The fourth-order valence-electron chi connectivity index (χ4n) is 4.83. The molecule has 218 valence electrons.